The molecule has 8 nitrogen and oxygen atoms in total. The van der Waals surface area contributed by atoms with E-state index in [-0.39, 0.29) is 17.2 Å². The zero-order valence-corrected chi connectivity index (χ0v) is 16.9. The van der Waals surface area contributed by atoms with Crippen molar-refractivity contribution in [3.8, 4) is 11.8 Å². The summed E-state index contributed by atoms with van der Waals surface area (Å²) in [6, 6.07) is 7.80. The van der Waals surface area contributed by atoms with E-state index in [9.17, 15) is 14.4 Å². The van der Waals surface area contributed by atoms with Gasteiger partial charge in [0.15, 0.2) is 6.61 Å². The molecule has 0 fully saturated rings. The van der Waals surface area contributed by atoms with Crippen LogP contribution in [0.5, 0.6) is 5.75 Å². The first-order valence-corrected chi connectivity index (χ1v) is 8.88. The van der Waals surface area contributed by atoms with Gasteiger partial charge in [-0.3, -0.25) is 9.59 Å². The number of nitriles is 1. The SMILES string of the molecule is COc1ccc(/C=C/C(=O)NC(C(=O)OCC(=O)/C(C#N)=C(/C)N)C(C)C)cc1. The van der Waals surface area contributed by atoms with Gasteiger partial charge in [0.2, 0.25) is 11.7 Å². The second-order valence-corrected chi connectivity index (χ2v) is 6.54. The van der Waals surface area contributed by atoms with Crippen molar-refractivity contribution in [2.75, 3.05) is 13.7 Å². The summed E-state index contributed by atoms with van der Waals surface area (Å²) >= 11 is 0. The normalized spacial score (nSPS) is 12.7. The number of hydrogen-bond donors (Lipinski definition) is 2. The highest BCUT2D eigenvalue weighted by Gasteiger charge is 2.26. The van der Waals surface area contributed by atoms with E-state index in [1.165, 1.54) is 13.0 Å². The molecule has 29 heavy (non-hydrogen) atoms. The lowest BCUT2D eigenvalue weighted by Crippen LogP contribution is -2.45. The molecule has 1 amide bonds. The number of allylic oxidation sites excluding steroid dienone is 1. The predicted molar refractivity (Wildman–Crippen MR) is 107 cm³/mol. The molecule has 0 radical (unpaired) electrons. The van der Waals surface area contributed by atoms with Crippen LogP contribution >= 0.6 is 0 Å². The number of hydrogen-bond acceptors (Lipinski definition) is 7. The molecular formula is C21H25N3O5. The van der Waals surface area contributed by atoms with Crippen LogP contribution < -0.4 is 15.8 Å². The van der Waals surface area contributed by atoms with Crippen LogP contribution in [0.3, 0.4) is 0 Å². The lowest BCUT2D eigenvalue weighted by Gasteiger charge is -2.19. The lowest BCUT2D eigenvalue weighted by atomic mass is 10.0. The molecule has 0 aromatic heterocycles. The summed E-state index contributed by atoms with van der Waals surface area (Å²) in [6.45, 7) is 4.24. The number of rotatable bonds is 9. The van der Waals surface area contributed by atoms with Crippen molar-refractivity contribution in [2.24, 2.45) is 11.7 Å². The molecule has 0 bridgehead atoms. The van der Waals surface area contributed by atoms with E-state index in [2.05, 4.69) is 5.32 Å². The molecule has 0 aliphatic rings. The van der Waals surface area contributed by atoms with Crippen LogP contribution in [0.25, 0.3) is 6.08 Å². The highest BCUT2D eigenvalue weighted by molar-refractivity contribution is 6.01. The van der Waals surface area contributed by atoms with E-state index in [0.717, 1.165) is 5.56 Å². The Labute approximate surface area is 170 Å². The quantitative estimate of drug-likeness (QED) is 0.367. The van der Waals surface area contributed by atoms with Crippen LogP contribution in [0.15, 0.2) is 41.6 Å². The maximum Gasteiger partial charge on any atom is 0.329 e. The van der Waals surface area contributed by atoms with Crippen LogP contribution in [-0.4, -0.2) is 37.4 Å². The molecule has 0 aliphatic heterocycles. The minimum absolute atomic E-state index is 0.0472. The number of esters is 1. The Kier molecular flexibility index (Phi) is 9.13. The maximum absolute atomic E-state index is 12.3. The summed E-state index contributed by atoms with van der Waals surface area (Å²) < 4.78 is 10.0. The first-order valence-electron chi connectivity index (χ1n) is 8.88. The summed E-state index contributed by atoms with van der Waals surface area (Å²) in [5.74, 6) is -1.54. The number of nitrogens with one attached hydrogen (secondary N) is 1. The summed E-state index contributed by atoms with van der Waals surface area (Å²) in [6.07, 6.45) is 2.89. The number of nitrogens with two attached hydrogens (primary N) is 1. The van der Waals surface area contributed by atoms with E-state index >= 15 is 0 Å². The molecular weight excluding hydrogens is 374 g/mol. The van der Waals surface area contributed by atoms with Gasteiger partial charge in [-0.25, -0.2) is 4.79 Å². The fourth-order valence-corrected chi connectivity index (χ4v) is 2.26. The molecule has 1 aromatic rings. The van der Waals surface area contributed by atoms with Crippen molar-refractivity contribution in [3.05, 3.63) is 47.2 Å². The summed E-state index contributed by atoms with van der Waals surface area (Å²) in [4.78, 5) is 36.4. The lowest BCUT2D eigenvalue weighted by molar-refractivity contribution is -0.151. The highest BCUT2D eigenvalue weighted by atomic mass is 16.5. The average molecular weight is 399 g/mol. The number of amides is 1. The molecule has 0 spiro atoms. The van der Waals surface area contributed by atoms with Gasteiger partial charge in [0.1, 0.15) is 23.4 Å². The van der Waals surface area contributed by atoms with Crippen LogP contribution in [0.1, 0.15) is 26.3 Å². The van der Waals surface area contributed by atoms with Gasteiger partial charge in [-0.15, -0.1) is 0 Å². The van der Waals surface area contributed by atoms with Gasteiger partial charge in [-0.05, 0) is 36.6 Å². The Balaban J connectivity index is 2.71. The van der Waals surface area contributed by atoms with Gasteiger partial charge in [-0.2, -0.15) is 5.26 Å². The van der Waals surface area contributed by atoms with Crippen molar-refractivity contribution < 1.29 is 23.9 Å². The maximum atomic E-state index is 12.3. The van der Waals surface area contributed by atoms with Gasteiger partial charge in [0.05, 0.1) is 7.11 Å². The molecule has 3 N–H and O–H groups in total. The Hall–Kier alpha value is -3.60. The van der Waals surface area contributed by atoms with E-state index in [1.807, 2.05) is 0 Å². The smallest absolute Gasteiger partial charge is 0.329 e. The van der Waals surface area contributed by atoms with Crippen LogP contribution in [-0.2, 0) is 19.1 Å². The van der Waals surface area contributed by atoms with Gasteiger partial charge < -0.3 is 20.5 Å². The van der Waals surface area contributed by atoms with Gasteiger partial charge >= 0.3 is 5.97 Å². The number of ketones is 1. The van der Waals surface area contributed by atoms with E-state index in [0.29, 0.717) is 5.75 Å². The third-order valence-corrected chi connectivity index (χ3v) is 3.89. The summed E-state index contributed by atoms with van der Waals surface area (Å²) in [5, 5.41) is 11.5. The van der Waals surface area contributed by atoms with Gasteiger partial charge in [0.25, 0.3) is 0 Å². The van der Waals surface area contributed by atoms with Crippen LogP contribution in [0, 0.1) is 17.2 Å². The minimum Gasteiger partial charge on any atom is -0.497 e. The van der Waals surface area contributed by atoms with Crippen LogP contribution in [0.2, 0.25) is 0 Å². The Morgan fingerprint density at radius 3 is 2.34 bits per heavy atom. The molecule has 0 saturated heterocycles. The molecule has 0 aliphatic carbocycles. The summed E-state index contributed by atoms with van der Waals surface area (Å²) in [7, 11) is 1.56. The zero-order valence-electron chi connectivity index (χ0n) is 16.9. The number of Topliss-reactive ketones (excluding diaryl/α,β-unsaturated/α-hetero) is 1. The molecule has 8 heteroatoms. The number of nitrogens with zero attached hydrogens (tertiary/aromatic N) is 1. The zero-order chi connectivity index (χ0) is 22.0. The van der Waals surface area contributed by atoms with Gasteiger partial charge in [0, 0.05) is 11.8 Å². The largest absolute Gasteiger partial charge is 0.497 e. The third-order valence-electron chi connectivity index (χ3n) is 3.89. The molecule has 1 aromatic carbocycles. The van der Waals surface area contributed by atoms with Crippen molar-refractivity contribution in [1.82, 2.24) is 5.32 Å². The van der Waals surface area contributed by atoms with Crippen molar-refractivity contribution in [2.45, 2.75) is 26.8 Å². The Bertz CT molecular complexity index is 844. The molecule has 0 heterocycles. The molecule has 1 unspecified atom stereocenters. The first-order chi connectivity index (χ1) is 13.7. The van der Waals surface area contributed by atoms with Crippen LogP contribution in [0.4, 0.5) is 0 Å². The number of benzene rings is 1. The topological polar surface area (TPSA) is 132 Å². The summed E-state index contributed by atoms with van der Waals surface area (Å²) in [5.41, 5.74) is 6.02. The third kappa shape index (κ3) is 7.50. The molecule has 1 atom stereocenters. The number of methoxy groups -OCH3 is 1. The minimum atomic E-state index is -0.954. The molecule has 0 saturated carbocycles. The molecule has 154 valence electrons. The van der Waals surface area contributed by atoms with Gasteiger partial charge in [-0.1, -0.05) is 26.0 Å². The van der Waals surface area contributed by atoms with Crippen molar-refractivity contribution >= 4 is 23.7 Å². The standard InChI is InChI=1S/C21H25N3O5/c1-13(2)20(21(27)29-12-18(25)17(11-22)14(3)23)24-19(26)10-7-15-5-8-16(28-4)9-6-15/h5-10,13,20H,12,23H2,1-4H3,(H,24,26)/b10-7+,17-14-. The number of carbonyl (C=O) groups excluding carboxylic acids is 3. The number of ether oxygens (including phenoxy) is 2. The monoisotopic (exact) mass is 399 g/mol. The molecule has 1 rings (SSSR count). The number of carbonyl (C=O) groups is 3. The highest BCUT2D eigenvalue weighted by Crippen LogP contribution is 2.12. The average Bonchev–Trinajstić information content (AvgIpc) is 2.69. The van der Waals surface area contributed by atoms with Crippen molar-refractivity contribution in [1.29, 1.82) is 5.26 Å². The Morgan fingerprint density at radius 1 is 1.24 bits per heavy atom. The fourth-order valence-electron chi connectivity index (χ4n) is 2.26. The Morgan fingerprint density at radius 2 is 1.86 bits per heavy atom. The van der Waals surface area contributed by atoms with E-state index in [4.69, 9.17) is 20.5 Å². The predicted octanol–water partition coefficient (Wildman–Crippen LogP) is 1.72. The first kappa shape index (κ1) is 23.4. The van der Waals surface area contributed by atoms with E-state index < -0.39 is 30.3 Å². The van der Waals surface area contributed by atoms with Crippen molar-refractivity contribution in [3.63, 3.8) is 0 Å². The van der Waals surface area contributed by atoms with E-state index in [1.54, 1.807) is 57.4 Å². The second kappa shape index (κ2) is 11.3. The second-order valence-electron chi connectivity index (χ2n) is 6.54. The fraction of sp³-hybridized carbons (Fsp3) is 0.333.